The maximum atomic E-state index is 12.3. The summed E-state index contributed by atoms with van der Waals surface area (Å²) in [6, 6.07) is 12.6. The van der Waals surface area contributed by atoms with E-state index >= 15 is 0 Å². The van der Waals surface area contributed by atoms with E-state index in [9.17, 15) is 18.0 Å². The van der Waals surface area contributed by atoms with E-state index in [1.54, 1.807) is 47.4 Å². The van der Waals surface area contributed by atoms with Crippen LogP contribution in [0.5, 0.6) is 0 Å². The lowest BCUT2D eigenvalue weighted by Crippen LogP contribution is -2.33. The molecule has 2 aromatic carbocycles. The molecule has 0 fully saturated rings. The Hall–Kier alpha value is -3.17. The largest absolute Gasteiger partial charge is 0.343 e. The number of halogens is 1. The molecule has 0 spiro atoms. The average Bonchev–Trinajstić information content (AvgIpc) is 3.21. The van der Waals surface area contributed by atoms with Gasteiger partial charge in [0, 0.05) is 24.3 Å². The summed E-state index contributed by atoms with van der Waals surface area (Å²) < 4.78 is 25.0. The third kappa shape index (κ3) is 5.21. The van der Waals surface area contributed by atoms with Crippen LogP contribution in [0.1, 0.15) is 10.4 Å². The van der Waals surface area contributed by atoms with Gasteiger partial charge >= 0.3 is 0 Å². The molecule has 2 N–H and O–H groups in total. The number of sulfone groups is 1. The van der Waals surface area contributed by atoms with Crippen LogP contribution in [-0.4, -0.2) is 42.8 Å². The summed E-state index contributed by atoms with van der Waals surface area (Å²) in [7, 11) is -3.49. The highest BCUT2D eigenvalue weighted by Gasteiger charge is 2.16. The van der Waals surface area contributed by atoms with Crippen LogP contribution in [0.25, 0.3) is 5.69 Å². The molecule has 2 amide bonds. The number of aromatic nitrogens is 2. The number of benzene rings is 2. The van der Waals surface area contributed by atoms with E-state index in [4.69, 9.17) is 11.6 Å². The van der Waals surface area contributed by atoms with E-state index < -0.39 is 21.7 Å². The Morgan fingerprint density at radius 3 is 2.48 bits per heavy atom. The monoisotopic (exact) mass is 432 g/mol. The first-order chi connectivity index (χ1) is 13.7. The molecule has 3 aromatic rings. The summed E-state index contributed by atoms with van der Waals surface area (Å²) in [6.07, 6.45) is 4.49. The molecule has 0 aliphatic carbocycles. The lowest BCUT2D eigenvalue weighted by atomic mass is 10.2. The van der Waals surface area contributed by atoms with E-state index in [0.717, 1.165) is 11.9 Å². The Kier molecular flexibility index (Phi) is 6.00. The maximum absolute atomic E-state index is 12.3. The third-order valence-electron chi connectivity index (χ3n) is 3.94. The first-order valence-electron chi connectivity index (χ1n) is 8.42. The Morgan fingerprint density at radius 1 is 1.14 bits per heavy atom. The summed E-state index contributed by atoms with van der Waals surface area (Å²) in [6.45, 7) is -0.306. The molecule has 0 saturated heterocycles. The topological polar surface area (TPSA) is 110 Å². The number of anilines is 1. The number of nitrogens with one attached hydrogen (secondary N) is 2. The van der Waals surface area contributed by atoms with Crippen LogP contribution >= 0.6 is 11.6 Å². The van der Waals surface area contributed by atoms with Crippen molar-refractivity contribution < 1.29 is 18.0 Å². The number of hydrogen-bond donors (Lipinski definition) is 2. The van der Waals surface area contributed by atoms with Gasteiger partial charge in [-0.1, -0.05) is 11.6 Å². The second-order valence-electron chi connectivity index (χ2n) is 6.14. The van der Waals surface area contributed by atoms with Crippen molar-refractivity contribution in [3.63, 3.8) is 0 Å². The fraction of sp³-hybridized carbons (Fsp3) is 0.105. The van der Waals surface area contributed by atoms with Crippen LogP contribution in [0.3, 0.4) is 0 Å². The lowest BCUT2D eigenvalue weighted by Gasteiger charge is -2.09. The molecule has 1 heterocycles. The number of carbonyl (C=O) groups is 2. The van der Waals surface area contributed by atoms with Gasteiger partial charge in [0.25, 0.3) is 5.91 Å². The van der Waals surface area contributed by atoms with Crippen molar-refractivity contribution >= 4 is 38.9 Å². The highest BCUT2D eigenvalue weighted by atomic mass is 35.5. The average molecular weight is 433 g/mol. The molecule has 0 atom stereocenters. The van der Waals surface area contributed by atoms with Gasteiger partial charge in [0.2, 0.25) is 5.91 Å². The van der Waals surface area contributed by atoms with Crippen LogP contribution in [0.15, 0.2) is 65.8 Å². The standard InChI is InChI=1S/C19H17ClN4O4S/c1-29(27,28)15-7-8-17(20)16(11-15)19(26)21-12-18(25)23-13-3-5-14(6-4-13)24-10-2-9-22-24/h2-11H,12H2,1H3,(H,21,26)(H,23,25). The first kappa shape index (κ1) is 20.6. The van der Waals surface area contributed by atoms with Gasteiger partial charge in [-0.15, -0.1) is 0 Å². The van der Waals surface area contributed by atoms with Crippen molar-refractivity contribution in [2.45, 2.75) is 4.90 Å². The van der Waals surface area contributed by atoms with Crippen molar-refractivity contribution in [3.05, 3.63) is 71.5 Å². The second-order valence-corrected chi connectivity index (χ2v) is 8.57. The third-order valence-corrected chi connectivity index (χ3v) is 5.38. The van der Waals surface area contributed by atoms with E-state index in [-0.39, 0.29) is 22.0 Å². The number of rotatable bonds is 6. The Bertz CT molecular complexity index is 1140. The Morgan fingerprint density at radius 2 is 1.86 bits per heavy atom. The predicted octanol–water partition coefficient (Wildman–Crippen LogP) is 2.30. The molecule has 0 aliphatic rings. The SMILES string of the molecule is CS(=O)(=O)c1ccc(Cl)c(C(=O)NCC(=O)Nc2ccc(-n3cccn3)cc2)c1. The highest BCUT2D eigenvalue weighted by molar-refractivity contribution is 7.90. The van der Waals surface area contributed by atoms with Crippen molar-refractivity contribution in [1.29, 1.82) is 0 Å². The van der Waals surface area contributed by atoms with Crippen molar-refractivity contribution in [1.82, 2.24) is 15.1 Å². The first-order valence-corrected chi connectivity index (χ1v) is 10.7. The van der Waals surface area contributed by atoms with Gasteiger partial charge in [-0.25, -0.2) is 13.1 Å². The van der Waals surface area contributed by atoms with Crippen molar-refractivity contribution in [2.24, 2.45) is 0 Å². The molecular weight excluding hydrogens is 416 g/mol. The number of amides is 2. The number of carbonyl (C=O) groups excluding carboxylic acids is 2. The highest BCUT2D eigenvalue weighted by Crippen LogP contribution is 2.20. The summed E-state index contributed by atoms with van der Waals surface area (Å²) in [4.78, 5) is 24.4. The van der Waals surface area contributed by atoms with Gasteiger partial charge < -0.3 is 10.6 Å². The van der Waals surface area contributed by atoms with Gasteiger partial charge in [-0.05, 0) is 48.5 Å². The zero-order chi connectivity index (χ0) is 21.0. The number of nitrogens with zero attached hydrogens (tertiary/aromatic N) is 2. The summed E-state index contributed by atoms with van der Waals surface area (Å²) in [5.74, 6) is -1.09. The molecule has 29 heavy (non-hydrogen) atoms. The van der Waals surface area contributed by atoms with E-state index in [1.807, 2.05) is 0 Å². The molecule has 10 heteroatoms. The fourth-order valence-electron chi connectivity index (χ4n) is 2.49. The minimum Gasteiger partial charge on any atom is -0.343 e. The van der Waals surface area contributed by atoms with Crippen LogP contribution in [0.4, 0.5) is 5.69 Å². The van der Waals surface area contributed by atoms with Gasteiger partial charge in [0.1, 0.15) is 0 Å². The molecule has 150 valence electrons. The van der Waals surface area contributed by atoms with E-state index in [1.165, 1.54) is 18.2 Å². The summed E-state index contributed by atoms with van der Waals surface area (Å²) >= 11 is 5.98. The zero-order valence-electron chi connectivity index (χ0n) is 15.3. The molecule has 1 aromatic heterocycles. The molecule has 0 unspecified atom stereocenters. The predicted molar refractivity (Wildman–Crippen MR) is 109 cm³/mol. The van der Waals surface area contributed by atoms with Crippen LogP contribution in [-0.2, 0) is 14.6 Å². The summed E-state index contributed by atoms with van der Waals surface area (Å²) in [5, 5.41) is 9.29. The molecule has 0 radical (unpaired) electrons. The van der Waals surface area contributed by atoms with E-state index in [0.29, 0.717) is 5.69 Å². The van der Waals surface area contributed by atoms with Crippen LogP contribution in [0.2, 0.25) is 5.02 Å². The summed E-state index contributed by atoms with van der Waals surface area (Å²) in [5.41, 5.74) is 1.37. The quantitative estimate of drug-likeness (QED) is 0.621. The smallest absolute Gasteiger partial charge is 0.253 e. The number of hydrogen-bond acceptors (Lipinski definition) is 5. The fourth-order valence-corrected chi connectivity index (χ4v) is 3.34. The van der Waals surface area contributed by atoms with Gasteiger partial charge in [0.05, 0.1) is 27.7 Å². The normalized spacial score (nSPS) is 11.1. The van der Waals surface area contributed by atoms with Gasteiger partial charge in [-0.3, -0.25) is 9.59 Å². The van der Waals surface area contributed by atoms with E-state index in [2.05, 4.69) is 15.7 Å². The van der Waals surface area contributed by atoms with Crippen LogP contribution in [0, 0.1) is 0 Å². The molecule has 8 nitrogen and oxygen atoms in total. The minimum absolute atomic E-state index is 0.0223. The molecule has 3 rings (SSSR count). The molecule has 0 saturated carbocycles. The maximum Gasteiger partial charge on any atom is 0.253 e. The minimum atomic E-state index is -3.49. The lowest BCUT2D eigenvalue weighted by molar-refractivity contribution is -0.115. The van der Waals surface area contributed by atoms with Crippen molar-refractivity contribution in [3.8, 4) is 5.69 Å². The Labute approximate surface area is 172 Å². The molecule has 0 aliphatic heterocycles. The molecule has 0 bridgehead atoms. The Balaban J connectivity index is 1.60. The second kappa shape index (κ2) is 8.46. The van der Waals surface area contributed by atoms with Crippen LogP contribution < -0.4 is 10.6 Å². The molecular formula is C19H17ClN4O4S. The van der Waals surface area contributed by atoms with Gasteiger partial charge in [0.15, 0.2) is 9.84 Å². The zero-order valence-corrected chi connectivity index (χ0v) is 16.9. The van der Waals surface area contributed by atoms with Crippen molar-refractivity contribution in [2.75, 3.05) is 18.1 Å². The van der Waals surface area contributed by atoms with Gasteiger partial charge in [-0.2, -0.15) is 5.10 Å².